The molecule has 0 bridgehead atoms. The van der Waals surface area contributed by atoms with Crippen LogP contribution in [0.15, 0.2) is 18.3 Å². The van der Waals surface area contributed by atoms with E-state index in [1.165, 1.54) is 6.07 Å². The van der Waals surface area contributed by atoms with Crippen molar-refractivity contribution in [3.8, 4) is 0 Å². The van der Waals surface area contributed by atoms with E-state index in [4.69, 9.17) is 0 Å². The van der Waals surface area contributed by atoms with Crippen molar-refractivity contribution in [2.75, 3.05) is 18.4 Å². The van der Waals surface area contributed by atoms with Gasteiger partial charge in [0, 0.05) is 12.7 Å². The molecule has 1 aromatic heterocycles. The van der Waals surface area contributed by atoms with Crippen LogP contribution in [-0.4, -0.2) is 24.0 Å². The Morgan fingerprint density at radius 1 is 1.37 bits per heavy atom. The number of alkyl halides is 3. The van der Waals surface area contributed by atoms with Gasteiger partial charge in [-0.15, -0.1) is 0 Å². The summed E-state index contributed by atoms with van der Waals surface area (Å²) in [5.74, 6) is 0.649. The van der Waals surface area contributed by atoms with E-state index in [-0.39, 0.29) is 18.3 Å². The third kappa shape index (κ3) is 4.42. The van der Waals surface area contributed by atoms with Crippen molar-refractivity contribution in [2.45, 2.75) is 19.0 Å². The average molecular weight is 273 g/mol. The van der Waals surface area contributed by atoms with Crippen LogP contribution in [0, 0.1) is 5.92 Å². The fraction of sp³-hybridized carbons (Fsp3) is 0.500. The molecule has 4 nitrogen and oxygen atoms in total. The number of aromatic nitrogens is 1. The molecule has 1 aliphatic rings. The van der Waals surface area contributed by atoms with Crippen LogP contribution >= 0.6 is 0 Å². The van der Waals surface area contributed by atoms with Gasteiger partial charge in [0.1, 0.15) is 5.82 Å². The highest BCUT2D eigenvalue weighted by Crippen LogP contribution is 2.29. The number of carbonyl (C=O) groups excluding carboxylic acids is 1. The topological polar surface area (TPSA) is 54.0 Å². The normalized spacial score (nSPS) is 15.1. The number of carbonyl (C=O) groups is 1. The number of nitrogens with one attached hydrogen (secondary N) is 2. The zero-order valence-corrected chi connectivity index (χ0v) is 10.1. The highest BCUT2D eigenvalue weighted by molar-refractivity contribution is 5.80. The fourth-order valence-electron chi connectivity index (χ4n) is 1.48. The summed E-state index contributed by atoms with van der Waals surface area (Å²) in [4.78, 5) is 15.0. The van der Waals surface area contributed by atoms with Crippen molar-refractivity contribution in [1.29, 1.82) is 0 Å². The van der Waals surface area contributed by atoms with E-state index < -0.39 is 11.7 Å². The van der Waals surface area contributed by atoms with Crippen LogP contribution in [0.5, 0.6) is 0 Å². The molecule has 1 aliphatic carbocycles. The highest BCUT2D eigenvalue weighted by Gasteiger charge is 2.30. The van der Waals surface area contributed by atoms with Crippen LogP contribution in [0.3, 0.4) is 0 Å². The molecule has 0 saturated heterocycles. The second kappa shape index (κ2) is 5.46. The molecular formula is C12H14F3N3O. The Labute approximate surface area is 108 Å². The SMILES string of the molecule is O=C(CNc1ccc(C(F)(F)F)cn1)NCC1CC1. The molecule has 2 rings (SSSR count). The summed E-state index contributed by atoms with van der Waals surface area (Å²) >= 11 is 0. The van der Waals surface area contributed by atoms with E-state index in [1.807, 2.05) is 0 Å². The Bertz CT molecular complexity index is 441. The van der Waals surface area contributed by atoms with Crippen LogP contribution in [0.1, 0.15) is 18.4 Å². The van der Waals surface area contributed by atoms with Gasteiger partial charge in [0.25, 0.3) is 0 Å². The predicted octanol–water partition coefficient (Wildman–Crippen LogP) is 2.04. The molecule has 1 heterocycles. The molecule has 0 spiro atoms. The van der Waals surface area contributed by atoms with Gasteiger partial charge in [0.05, 0.1) is 12.1 Å². The predicted molar refractivity (Wildman–Crippen MR) is 63.5 cm³/mol. The van der Waals surface area contributed by atoms with E-state index in [9.17, 15) is 18.0 Å². The lowest BCUT2D eigenvalue weighted by atomic mass is 10.3. The first kappa shape index (κ1) is 13.6. The molecule has 19 heavy (non-hydrogen) atoms. The van der Waals surface area contributed by atoms with Gasteiger partial charge in [-0.2, -0.15) is 13.2 Å². The number of anilines is 1. The van der Waals surface area contributed by atoms with E-state index >= 15 is 0 Å². The van der Waals surface area contributed by atoms with E-state index in [0.29, 0.717) is 12.5 Å². The van der Waals surface area contributed by atoms with Gasteiger partial charge < -0.3 is 10.6 Å². The molecular weight excluding hydrogens is 259 g/mol. The van der Waals surface area contributed by atoms with Crippen LogP contribution in [0.25, 0.3) is 0 Å². The lowest BCUT2D eigenvalue weighted by Crippen LogP contribution is -2.31. The monoisotopic (exact) mass is 273 g/mol. The standard InChI is InChI=1S/C12H14F3N3O/c13-12(14,15)9-3-4-10(16-6-9)17-7-11(19)18-5-8-1-2-8/h3-4,6,8H,1-2,5,7H2,(H,16,17)(H,18,19). The quantitative estimate of drug-likeness (QED) is 0.863. The van der Waals surface area contributed by atoms with Crippen LogP contribution in [-0.2, 0) is 11.0 Å². The molecule has 0 radical (unpaired) electrons. The minimum Gasteiger partial charge on any atom is -0.361 e. The van der Waals surface area contributed by atoms with Crippen LogP contribution in [0.2, 0.25) is 0 Å². The molecule has 0 aromatic carbocycles. The number of halogens is 3. The zero-order valence-electron chi connectivity index (χ0n) is 10.1. The second-order valence-electron chi connectivity index (χ2n) is 4.53. The first-order valence-electron chi connectivity index (χ1n) is 5.99. The van der Waals surface area contributed by atoms with Crippen LogP contribution < -0.4 is 10.6 Å². The first-order chi connectivity index (χ1) is 8.95. The summed E-state index contributed by atoms with van der Waals surface area (Å²) in [6.45, 7) is 0.673. The van der Waals surface area contributed by atoms with Gasteiger partial charge in [-0.1, -0.05) is 0 Å². The summed E-state index contributed by atoms with van der Waals surface area (Å²) in [6, 6.07) is 2.13. The summed E-state index contributed by atoms with van der Waals surface area (Å²) in [6.07, 6.45) is -1.36. The number of hydrogen-bond donors (Lipinski definition) is 2. The Balaban J connectivity index is 1.77. The highest BCUT2D eigenvalue weighted by atomic mass is 19.4. The fourth-order valence-corrected chi connectivity index (χ4v) is 1.48. The molecule has 2 N–H and O–H groups in total. The first-order valence-corrected chi connectivity index (χ1v) is 5.99. The summed E-state index contributed by atoms with van der Waals surface area (Å²) in [7, 11) is 0. The lowest BCUT2D eigenvalue weighted by Gasteiger charge is -2.08. The Kier molecular flexibility index (Phi) is 3.92. The summed E-state index contributed by atoms with van der Waals surface area (Å²) in [5.41, 5.74) is -0.809. The third-order valence-electron chi connectivity index (χ3n) is 2.81. The van der Waals surface area contributed by atoms with Gasteiger partial charge in [-0.3, -0.25) is 4.79 Å². The molecule has 1 saturated carbocycles. The van der Waals surface area contributed by atoms with E-state index in [1.54, 1.807) is 0 Å². The molecule has 0 unspecified atom stereocenters. The summed E-state index contributed by atoms with van der Waals surface area (Å²) < 4.78 is 36.9. The van der Waals surface area contributed by atoms with Gasteiger partial charge in [0.15, 0.2) is 0 Å². The zero-order chi connectivity index (χ0) is 13.9. The molecule has 7 heteroatoms. The van der Waals surface area contributed by atoms with Crippen molar-refractivity contribution in [3.63, 3.8) is 0 Å². The molecule has 104 valence electrons. The number of nitrogens with zero attached hydrogens (tertiary/aromatic N) is 1. The van der Waals surface area contributed by atoms with E-state index in [2.05, 4.69) is 15.6 Å². The number of amides is 1. The third-order valence-corrected chi connectivity index (χ3v) is 2.81. The van der Waals surface area contributed by atoms with Crippen molar-refractivity contribution >= 4 is 11.7 Å². The molecule has 1 amide bonds. The molecule has 1 aromatic rings. The van der Waals surface area contributed by atoms with Gasteiger partial charge in [0.2, 0.25) is 5.91 Å². The van der Waals surface area contributed by atoms with Crippen molar-refractivity contribution < 1.29 is 18.0 Å². The number of hydrogen-bond acceptors (Lipinski definition) is 3. The van der Waals surface area contributed by atoms with Gasteiger partial charge in [-0.25, -0.2) is 4.98 Å². The van der Waals surface area contributed by atoms with Crippen LogP contribution in [0.4, 0.5) is 19.0 Å². The Hall–Kier alpha value is -1.79. The summed E-state index contributed by atoms with van der Waals surface area (Å²) in [5, 5.41) is 5.42. The number of rotatable bonds is 5. The minimum atomic E-state index is -4.40. The maximum absolute atomic E-state index is 12.3. The number of pyridine rings is 1. The Morgan fingerprint density at radius 3 is 2.63 bits per heavy atom. The van der Waals surface area contributed by atoms with Gasteiger partial charge >= 0.3 is 6.18 Å². The molecule has 0 aliphatic heterocycles. The van der Waals surface area contributed by atoms with Crippen molar-refractivity contribution in [3.05, 3.63) is 23.9 Å². The minimum absolute atomic E-state index is 0.00504. The van der Waals surface area contributed by atoms with Gasteiger partial charge in [-0.05, 0) is 30.9 Å². The van der Waals surface area contributed by atoms with Crippen molar-refractivity contribution in [2.24, 2.45) is 5.92 Å². The largest absolute Gasteiger partial charge is 0.417 e. The maximum atomic E-state index is 12.3. The second-order valence-corrected chi connectivity index (χ2v) is 4.53. The smallest absolute Gasteiger partial charge is 0.361 e. The molecule has 0 atom stereocenters. The lowest BCUT2D eigenvalue weighted by molar-refractivity contribution is -0.137. The molecule has 1 fully saturated rings. The Morgan fingerprint density at radius 2 is 2.11 bits per heavy atom. The maximum Gasteiger partial charge on any atom is 0.417 e. The average Bonchev–Trinajstić information content (AvgIpc) is 3.17. The van der Waals surface area contributed by atoms with Crippen molar-refractivity contribution in [1.82, 2.24) is 10.3 Å². The van der Waals surface area contributed by atoms with E-state index in [0.717, 1.165) is 25.1 Å².